The average molecular weight is 195 g/mol. The molecule has 0 fully saturated rings. The van der Waals surface area contributed by atoms with Gasteiger partial charge < -0.3 is 10.1 Å². The highest BCUT2D eigenvalue weighted by Gasteiger charge is 2.04. The number of rotatable bonds is 4. The van der Waals surface area contributed by atoms with E-state index < -0.39 is 0 Å². The molecule has 0 aliphatic heterocycles. The number of hydrogen-bond donors (Lipinski definition) is 1. The van der Waals surface area contributed by atoms with E-state index >= 15 is 0 Å². The van der Waals surface area contributed by atoms with E-state index in [1.807, 2.05) is 13.0 Å². The maximum absolute atomic E-state index is 5.06. The summed E-state index contributed by atoms with van der Waals surface area (Å²) in [6, 6.07) is 2.18. The van der Waals surface area contributed by atoms with E-state index in [-0.39, 0.29) is 0 Å². The summed E-state index contributed by atoms with van der Waals surface area (Å²) in [4.78, 5) is 8.46. The highest BCUT2D eigenvalue weighted by atomic mass is 16.5. The number of nitrogens with one attached hydrogen (secondary N) is 1. The zero-order chi connectivity index (χ0) is 10.6. The second kappa shape index (κ2) is 4.79. The number of aromatic nitrogens is 2. The Labute approximate surface area is 84.7 Å². The molecule has 4 heteroatoms. The van der Waals surface area contributed by atoms with Crippen molar-refractivity contribution in [1.82, 2.24) is 9.97 Å². The molecule has 14 heavy (non-hydrogen) atoms. The van der Waals surface area contributed by atoms with Crippen LogP contribution in [0.5, 0.6) is 5.88 Å². The number of anilines is 1. The third kappa shape index (κ3) is 2.87. The molecule has 78 valence electrons. The Morgan fingerprint density at radius 1 is 1.50 bits per heavy atom. The van der Waals surface area contributed by atoms with Gasteiger partial charge in [-0.05, 0) is 20.3 Å². The first-order valence-corrected chi connectivity index (χ1v) is 4.82. The Bertz CT molecular complexity index is 301. The molecule has 0 amide bonds. The van der Waals surface area contributed by atoms with E-state index in [1.165, 1.54) is 0 Å². The van der Waals surface area contributed by atoms with Gasteiger partial charge >= 0.3 is 0 Å². The van der Waals surface area contributed by atoms with Crippen LogP contribution < -0.4 is 10.1 Å². The molecular formula is C10H17N3O. The van der Waals surface area contributed by atoms with E-state index in [4.69, 9.17) is 4.74 Å². The van der Waals surface area contributed by atoms with E-state index in [2.05, 4.69) is 29.1 Å². The molecule has 0 aliphatic rings. The van der Waals surface area contributed by atoms with Crippen molar-refractivity contribution in [3.63, 3.8) is 0 Å². The van der Waals surface area contributed by atoms with Crippen LogP contribution in [0.1, 0.15) is 26.0 Å². The molecule has 1 unspecified atom stereocenters. The average Bonchev–Trinajstić information content (AvgIpc) is 2.16. The van der Waals surface area contributed by atoms with Crippen molar-refractivity contribution in [3.05, 3.63) is 11.8 Å². The molecule has 0 aliphatic carbocycles. The summed E-state index contributed by atoms with van der Waals surface area (Å²) in [6.07, 6.45) is 1.04. The lowest BCUT2D eigenvalue weighted by Crippen LogP contribution is -2.16. The highest BCUT2D eigenvalue weighted by molar-refractivity contribution is 5.31. The third-order valence-corrected chi connectivity index (χ3v) is 2.03. The fraction of sp³-hybridized carbons (Fsp3) is 0.600. The Balaban J connectivity index is 2.81. The van der Waals surface area contributed by atoms with Crippen molar-refractivity contribution in [2.24, 2.45) is 0 Å². The van der Waals surface area contributed by atoms with Gasteiger partial charge in [-0.15, -0.1) is 0 Å². The molecule has 0 bridgehead atoms. The molecule has 1 atom stereocenters. The SMILES string of the molecule is CCC(C)Nc1nc(C)cc(OC)n1. The van der Waals surface area contributed by atoms with Gasteiger partial charge in [-0.2, -0.15) is 4.98 Å². The Kier molecular flexibility index (Phi) is 3.68. The number of nitrogens with zero attached hydrogens (tertiary/aromatic N) is 2. The van der Waals surface area contributed by atoms with Gasteiger partial charge in [0.2, 0.25) is 11.8 Å². The van der Waals surface area contributed by atoms with Crippen molar-refractivity contribution in [3.8, 4) is 5.88 Å². The Hall–Kier alpha value is -1.32. The fourth-order valence-electron chi connectivity index (χ4n) is 1.03. The van der Waals surface area contributed by atoms with Crippen LogP contribution >= 0.6 is 0 Å². The molecule has 1 N–H and O–H groups in total. The first-order valence-electron chi connectivity index (χ1n) is 4.82. The van der Waals surface area contributed by atoms with Crippen LogP contribution in [0.3, 0.4) is 0 Å². The van der Waals surface area contributed by atoms with Crippen LogP contribution in [0.25, 0.3) is 0 Å². The summed E-state index contributed by atoms with van der Waals surface area (Å²) in [5.74, 6) is 1.24. The minimum absolute atomic E-state index is 0.376. The van der Waals surface area contributed by atoms with E-state index in [1.54, 1.807) is 7.11 Å². The summed E-state index contributed by atoms with van der Waals surface area (Å²) in [5.41, 5.74) is 0.905. The van der Waals surface area contributed by atoms with Crippen LogP contribution in [0.15, 0.2) is 6.07 Å². The largest absolute Gasteiger partial charge is 0.481 e. The summed E-state index contributed by atoms with van der Waals surface area (Å²) >= 11 is 0. The summed E-state index contributed by atoms with van der Waals surface area (Å²) < 4.78 is 5.06. The molecule has 0 saturated carbocycles. The van der Waals surface area contributed by atoms with Crippen LogP contribution in [0.2, 0.25) is 0 Å². The van der Waals surface area contributed by atoms with Crippen molar-refractivity contribution in [1.29, 1.82) is 0 Å². The van der Waals surface area contributed by atoms with Crippen LogP contribution in [-0.2, 0) is 0 Å². The van der Waals surface area contributed by atoms with Crippen LogP contribution in [0.4, 0.5) is 5.95 Å². The van der Waals surface area contributed by atoms with Crippen molar-refractivity contribution < 1.29 is 4.74 Å². The second-order valence-corrected chi connectivity index (χ2v) is 3.33. The smallest absolute Gasteiger partial charge is 0.226 e. The quantitative estimate of drug-likeness (QED) is 0.798. The molecular weight excluding hydrogens is 178 g/mol. The van der Waals surface area contributed by atoms with Gasteiger partial charge in [0.25, 0.3) is 0 Å². The van der Waals surface area contributed by atoms with Crippen LogP contribution in [0, 0.1) is 6.92 Å². The monoisotopic (exact) mass is 195 g/mol. The minimum Gasteiger partial charge on any atom is -0.481 e. The number of hydrogen-bond acceptors (Lipinski definition) is 4. The highest BCUT2D eigenvalue weighted by Crippen LogP contribution is 2.12. The molecule has 0 spiro atoms. The van der Waals surface area contributed by atoms with Crippen molar-refractivity contribution >= 4 is 5.95 Å². The minimum atomic E-state index is 0.376. The van der Waals surface area contributed by atoms with Gasteiger partial charge in [0.1, 0.15) is 0 Å². The molecule has 1 rings (SSSR count). The number of methoxy groups -OCH3 is 1. The van der Waals surface area contributed by atoms with E-state index in [0.29, 0.717) is 17.9 Å². The molecule has 0 saturated heterocycles. The van der Waals surface area contributed by atoms with Gasteiger partial charge in [-0.25, -0.2) is 4.98 Å². The second-order valence-electron chi connectivity index (χ2n) is 3.33. The van der Waals surface area contributed by atoms with Gasteiger partial charge in [0.15, 0.2) is 0 Å². The van der Waals surface area contributed by atoms with E-state index in [0.717, 1.165) is 12.1 Å². The molecule has 0 radical (unpaired) electrons. The molecule has 1 heterocycles. The molecule has 0 aromatic carbocycles. The lowest BCUT2D eigenvalue weighted by molar-refractivity contribution is 0.397. The predicted octanol–water partition coefficient (Wildman–Crippen LogP) is 2.00. The number of aryl methyl sites for hydroxylation is 1. The van der Waals surface area contributed by atoms with Gasteiger partial charge in [0.05, 0.1) is 7.11 Å². The summed E-state index contributed by atoms with van der Waals surface area (Å²) in [5, 5.41) is 3.20. The van der Waals surface area contributed by atoms with Crippen molar-refractivity contribution in [2.75, 3.05) is 12.4 Å². The zero-order valence-electron chi connectivity index (χ0n) is 9.16. The Morgan fingerprint density at radius 2 is 2.21 bits per heavy atom. The summed E-state index contributed by atoms with van der Waals surface area (Å²) in [7, 11) is 1.61. The third-order valence-electron chi connectivity index (χ3n) is 2.03. The van der Waals surface area contributed by atoms with Gasteiger partial charge in [0, 0.05) is 17.8 Å². The topological polar surface area (TPSA) is 47.0 Å². The lowest BCUT2D eigenvalue weighted by atomic mass is 10.3. The maximum Gasteiger partial charge on any atom is 0.226 e. The van der Waals surface area contributed by atoms with Gasteiger partial charge in [-0.1, -0.05) is 6.92 Å². The molecule has 1 aromatic rings. The van der Waals surface area contributed by atoms with E-state index in [9.17, 15) is 0 Å². The molecule has 1 aromatic heterocycles. The van der Waals surface area contributed by atoms with Crippen LogP contribution in [-0.4, -0.2) is 23.1 Å². The maximum atomic E-state index is 5.06. The molecule has 4 nitrogen and oxygen atoms in total. The zero-order valence-corrected chi connectivity index (χ0v) is 9.16. The van der Waals surface area contributed by atoms with Gasteiger partial charge in [-0.3, -0.25) is 0 Å². The first-order chi connectivity index (χ1) is 6.65. The predicted molar refractivity (Wildman–Crippen MR) is 56.7 cm³/mol. The summed E-state index contributed by atoms with van der Waals surface area (Å²) in [6.45, 7) is 6.13. The lowest BCUT2D eigenvalue weighted by Gasteiger charge is -2.12. The number of ether oxygens (including phenoxy) is 1. The Morgan fingerprint density at radius 3 is 2.79 bits per heavy atom. The standard InChI is InChI=1S/C10H17N3O/c1-5-7(2)11-10-12-8(3)6-9(13-10)14-4/h6-7H,5H2,1-4H3,(H,11,12,13). The normalized spacial score (nSPS) is 12.3. The fourth-order valence-corrected chi connectivity index (χ4v) is 1.03. The first kappa shape index (κ1) is 10.8. The van der Waals surface area contributed by atoms with Crippen molar-refractivity contribution in [2.45, 2.75) is 33.2 Å².